The minimum absolute atomic E-state index is 0.169. The minimum atomic E-state index is -0.364. The highest BCUT2D eigenvalue weighted by Gasteiger charge is 2.11. The molecule has 0 fully saturated rings. The number of carbonyl (C=O) groups excluding carboxylic acids is 1. The summed E-state index contributed by atoms with van der Waals surface area (Å²) >= 11 is 3.96. The zero-order valence-electron chi connectivity index (χ0n) is 13.7. The lowest BCUT2D eigenvalue weighted by atomic mass is 10.3. The van der Waals surface area contributed by atoms with Gasteiger partial charge in [0.15, 0.2) is 9.47 Å². The molecule has 2 aromatic heterocycles. The number of thiazole rings is 1. The third-order valence-electron chi connectivity index (χ3n) is 3.39. The maximum absolute atomic E-state index is 13.7. The van der Waals surface area contributed by atoms with Crippen LogP contribution in [0.5, 0.6) is 0 Å². The zero-order chi connectivity index (χ0) is 18.6. The number of benzene rings is 2. The van der Waals surface area contributed by atoms with Crippen LogP contribution in [0.2, 0.25) is 0 Å². The Morgan fingerprint density at radius 2 is 1.85 bits per heavy atom. The van der Waals surface area contributed by atoms with Crippen LogP contribution in [-0.4, -0.2) is 26.8 Å². The Bertz CT molecular complexity index is 1060. The molecule has 27 heavy (non-hydrogen) atoms. The molecule has 0 aliphatic rings. The van der Waals surface area contributed by atoms with Crippen LogP contribution in [0, 0.1) is 5.82 Å². The maximum atomic E-state index is 13.7. The first-order valence-electron chi connectivity index (χ1n) is 7.81. The van der Waals surface area contributed by atoms with Crippen molar-refractivity contribution in [2.24, 2.45) is 0 Å². The predicted octanol–water partition coefficient (Wildman–Crippen LogP) is 4.76. The summed E-state index contributed by atoms with van der Waals surface area (Å²) < 4.78 is 15.3. The fourth-order valence-electron chi connectivity index (χ4n) is 2.20. The first kappa shape index (κ1) is 17.8. The molecule has 0 spiro atoms. The number of halogens is 1. The molecule has 0 saturated heterocycles. The van der Waals surface area contributed by atoms with Gasteiger partial charge in [0.05, 0.1) is 21.7 Å². The Morgan fingerprint density at radius 3 is 2.70 bits per heavy atom. The van der Waals surface area contributed by atoms with Crippen molar-refractivity contribution in [3.8, 4) is 0 Å². The number of aromatic nitrogens is 3. The van der Waals surface area contributed by atoms with Crippen LogP contribution in [0.15, 0.2) is 52.9 Å². The molecule has 0 radical (unpaired) electrons. The minimum Gasteiger partial charge on any atom is -0.328 e. The fraction of sp³-hybridized carbons (Fsp3) is 0.0588. The van der Waals surface area contributed by atoms with Crippen molar-refractivity contribution < 1.29 is 9.18 Å². The van der Waals surface area contributed by atoms with E-state index in [0.717, 1.165) is 10.2 Å². The average molecular weight is 418 g/mol. The van der Waals surface area contributed by atoms with E-state index in [2.05, 4.69) is 25.8 Å². The Balaban J connectivity index is 1.33. The molecule has 0 aliphatic heterocycles. The molecule has 1 amide bonds. The number of anilines is 3. The second-order valence-corrected chi connectivity index (χ2v) is 8.53. The second-order valence-electron chi connectivity index (χ2n) is 5.30. The van der Waals surface area contributed by atoms with E-state index in [1.807, 2.05) is 24.3 Å². The van der Waals surface area contributed by atoms with Crippen LogP contribution < -0.4 is 10.6 Å². The standard InChI is InChI=1S/C17H12FN5OS3/c18-10-5-1-2-6-11(10)19-16-22-23-17(27-16)25-9-14(24)21-15-20-12-7-3-4-8-13(12)26-15/h1-8H,9H2,(H,19,22)(H,20,21,24). The van der Waals surface area contributed by atoms with Crippen molar-refractivity contribution in [1.29, 1.82) is 0 Å². The Hall–Kier alpha value is -2.56. The summed E-state index contributed by atoms with van der Waals surface area (Å²) in [5.41, 5.74) is 1.19. The number of nitrogens with one attached hydrogen (secondary N) is 2. The topological polar surface area (TPSA) is 79.8 Å². The van der Waals surface area contributed by atoms with Crippen molar-refractivity contribution in [3.63, 3.8) is 0 Å². The SMILES string of the molecule is O=C(CSc1nnc(Nc2ccccc2F)s1)Nc1nc2ccccc2s1. The van der Waals surface area contributed by atoms with E-state index in [1.165, 1.54) is 40.5 Å². The van der Waals surface area contributed by atoms with Crippen molar-refractivity contribution in [1.82, 2.24) is 15.2 Å². The molecule has 2 aromatic carbocycles. The van der Waals surface area contributed by atoms with Crippen LogP contribution in [-0.2, 0) is 4.79 Å². The largest absolute Gasteiger partial charge is 0.328 e. The van der Waals surface area contributed by atoms with Gasteiger partial charge in [0.1, 0.15) is 5.82 Å². The number of hydrogen-bond donors (Lipinski definition) is 2. The van der Waals surface area contributed by atoms with Gasteiger partial charge in [-0.3, -0.25) is 4.79 Å². The first-order chi connectivity index (χ1) is 13.2. The molecular weight excluding hydrogens is 405 g/mol. The molecule has 0 atom stereocenters. The van der Waals surface area contributed by atoms with E-state index in [1.54, 1.807) is 18.2 Å². The van der Waals surface area contributed by atoms with Crippen LogP contribution in [0.3, 0.4) is 0 Å². The molecule has 0 unspecified atom stereocenters. The number of amides is 1. The van der Waals surface area contributed by atoms with Crippen molar-refractivity contribution in [2.45, 2.75) is 4.34 Å². The maximum Gasteiger partial charge on any atom is 0.236 e. The summed E-state index contributed by atoms with van der Waals surface area (Å²) in [5.74, 6) is -0.348. The van der Waals surface area contributed by atoms with Gasteiger partial charge in [-0.2, -0.15) is 0 Å². The molecule has 136 valence electrons. The lowest BCUT2D eigenvalue weighted by molar-refractivity contribution is -0.113. The van der Waals surface area contributed by atoms with Crippen LogP contribution in [0.4, 0.5) is 20.3 Å². The van der Waals surface area contributed by atoms with Gasteiger partial charge in [0.2, 0.25) is 11.0 Å². The first-order valence-corrected chi connectivity index (χ1v) is 10.4. The van der Waals surface area contributed by atoms with Gasteiger partial charge in [-0.15, -0.1) is 10.2 Å². The lowest BCUT2D eigenvalue weighted by Crippen LogP contribution is -2.13. The van der Waals surface area contributed by atoms with Gasteiger partial charge in [0, 0.05) is 0 Å². The highest BCUT2D eigenvalue weighted by Crippen LogP contribution is 2.29. The summed E-state index contributed by atoms with van der Waals surface area (Å²) in [6, 6.07) is 14.0. The van der Waals surface area contributed by atoms with E-state index in [-0.39, 0.29) is 17.5 Å². The third kappa shape index (κ3) is 4.41. The fourth-order valence-corrected chi connectivity index (χ4v) is 4.65. The highest BCUT2D eigenvalue weighted by molar-refractivity contribution is 8.01. The number of rotatable bonds is 6. The van der Waals surface area contributed by atoms with Crippen LogP contribution in [0.25, 0.3) is 10.2 Å². The summed E-state index contributed by atoms with van der Waals surface area (Å²) in [6.07, 6.45) is 0. The van der Waals surface area contributed by atoms with E-state index in [0.29, 0.717) is 20.3 Å². The number of hydrogen-bond acceptors (Lipinski definition) is 8. The number of thioether (sulfide) groups is 1. The monoisotopic (exact) mass is 417 g/mol. The second kappa shape index (κ2) is 7.99. The quantitative estimate of drug-likeness (QED) is 0.440. The van der Waals surface area contributed by atoms with Gasteiger partial charge in [-0.25, -0.2) is 9.37 Å². The summed E-state index contributed by atoms with van der Waals surface area (Å²) in [6.45, 7) is 0. The summed E-state index contributed by atoms with van der Waals surface area (Å²) in [4.78, 5) is 16.5. The van der Waals surface area contributed by atoms with Crippen molar-refractivity contribution in [3.05, 3.63) is 54.3 Å². The van der Waals surface area contributed by atoms with E-state index in [4.69, 9.17) is 0 Å². The number of nitrogens with zero attached hydrogens (tertiary/aromatic N) is 3. The zero-order valence-corrected chi connectivity index (χ0v) is 16.1. The molecule has 0 bridgehead atoms. The van der Waals surface area contributed by atoms with Crippen molar-refractivity contribution in [2.75, 3.05) is 16.4 Å². The molecule has 4 aromatic rings. The Labute approximate surface area is 165 Å². The van der Waals surface area contributed by atoms with Gasteiger partial charge < -0.3 is 10.6 Å². The Morgan fingerprint density at radius 1 is 1.04 bits per heavy atom. The molecule has 0 aliphatic carbocycles. The molecule has 4 rings (SSSR count). The average Bonchev–Trinajstić information content (AvgIpc) is 3.28. The molecule has 6 nitrogen and oxygen atoms in total. The molecule has 0 saturated carbocycles. The third-order valence-corrected chi connectivity index (χ3v) is 6.31. The predicted molar refractivity (Wildman–Crippen MR) is 109 cm³/mol. The van der Waals surface area contributed by atoms with E-state index in [9.17, 15) is 9.18 Å². The smallest absolute Gasteiger partial charge is 0.236 e. The van der Waals surface area contributed by atoms with Gasteiger partial charge in [-0.05, 0) is 24.3 Å². The Kier molecular flexibility index (Phi) is 5.28. The van der Waals surface area contributed by atoms with E-state index >= 15 is 0 Å². The molecular formula is C17H12FN5OS3. The summed E-state index contributed by atoms with van der Waals surface area (Å²) in [5, 5.41) is 14.7. The molecule has 2 N–H and O–H groups in total. The summed E-state index contributed by atoms with van der Waals surface area (Å²) in [7, 11) is 0. The number of para-hydroxylation sites is 2. The molecule has 2 heterocycles. The van der Waals surface area contributed by atoms with Crippen LogP contribution in [0.1, 0.15) is 0 Å². The van der Waals surface area contributed by atoms with Gasteiger partial charge in [0.25, 0.3) is 0 Å². The van der Waals surface area contributed by atoms with Crippen molar-refractivity contribution >= 4 is 66.5 Å². The normalized spacial score (nSPS) is 10.9. The van der Waals surface area contributed by atoms with E-state index < -0.39 is 0 Å². The molecule has 10 heteroatoms. The lowest BCUT2D eigenvalue weighted by Gasteiger charge is -2.01. The van der Waals surface area contributed by atoms with Crippen LogP contribution >= 0.6 is 34.4 Å². The number of fused-ring (bicyclic) bond motifs is 1. The van der Waals surface area contributed by atoms with Gasteiger partial charge in [-0.1, -0.05) is 58.7 Å². The highest BCUT2D eigenvalue weighted by atomic mass is 32.2. The van der Waals surface area contributed by atoms with Gasteiger partial charge >= 0.3 is 0 Å². The number of carbonyl (C=O) groups is 1.